The van der Waals surface area contributed by atoms with Crippen molar-refractivity contribution < 1.29 is 0 Å². The van der Waals surface area contributed by atoms with Crippen LogP contribution in [-0.4, -0.2) is 11.3 Å². The molecule has 0 aliphatic carbocycles. The number of anilines is 6. The van der Waals surface area contributed by atoms with E-state index in [1.807, 2.05) is 12.1 Å². The minimum Gasteiger partial charge on any atom is -0.311 e. The number of para-hydroxylation sites is 6. The van der Waals surface area contributed by atoms with Crippen molar-refractivity contribution in [3.05, 3.63) is 169 Å². The maximum absolute atomic E-state index is 10.4. The number of rotatable bonds is 3. The second-order valence-electron chi connectivity index (χ2n) is 12.5. The van der Waals surface area contributed by atoms with E-state index in [4.69, 9.17) is 0 Å². The molecule has 8 aromatic rings. The molecule has 1 aromatic heterocycles. The lowest BCUT2D eigenvalue weighted by molar-refractivity contribution is 1.16. The Labute approximate surface area is 279 Å². The first-order valence-corrected chi connectivity index (χ1v) is 16.3. The van der Waals surface area contributed by atoms with Crippen molar-refractivity contribution in [2.75, 3.05) is 9.80 Å². The molecular weight excluding hydrogens is 583 g/mol. The Bertz CT molecular complexity index is 2490. The first-order chi connectivity index (χ1) is 23.8. The van der Waals surface area contributed by atoms with Gasteiger partial charge in [0.2, 0.25) is 0 Å². The Morgan fingerprint density at radius 3 is 1.58 bits per heavy atom. The lowest BCUT2D eigenvalue weighted by Gasteiger charge is -2.44. The molecule has 4 nitrogen and oxygen atoms in total. The fraction of sp³-hybridized carbons (Fsp3) is 0. The molecule has 3 heterocycles. The van der Waals surface area contributed by atoms with Crippen molar-refractivity contribution in [3.8, 4) is 11.8 Å². The smallest absolute Gasteiger partial charge is 0.252 e. The molecule has 0 unspecified atom stereocenters. The van der Waals surface area contributed by atoms with Crippen LogP contribution in [-0.2, 0) is 0 Å². The maximum atomic E-state index is 10.4. The maximum Gasteiger partial charge on any atom is 0.252 e. The van der Waals surface area contributed by atoms with Gasteiger partial charge in [0.15, 0.2) is 0 Å². The Balaban J connectivity index is 1.39. The van der Waals surface area contributed by atoms with E-state index in [9.17, 15) is 5.26 Å². The molecule has 0 bridgehead atoms. The molecule has 10 rings (SSSR count). The van der Waals surface area contributed by atoms with E-state index in [0.29, 0.717) is 5.56 Å². The Morgan fingerprint density at radius 1 is 0.458 bits per heavy atom. The summed E-state index contributed by atoms with van der Waals surface area (Å²) in [6.07, 6.45) is 0. The number of benzene rings is 7. The summed E-state index contributed by atoms with van der Waals surface area (Å²) in [5.41, 5.74) is 14.3. The topological polar surface area (TPSA) is 35.2 Å². The molecule has 0 atom stereocenters. The van der Waals surface area contributed by atoms with Gasteiger partial charge in [0, 0.05) is 44.9 Å². The van der Waals surface area contributed by atoms with Gasteiger partial charge in [0.05, 0.1) is 22.3 Å². The molecule has 0 saturated carbocycles. The van der Waals surface area contributed by atoms with E-state index >= 15 is 0 Å². The first kappa shape index (κ1) is 26.7. The van der Waals surface area contributed by atoms with Crippen LogP contribution in [0.1, 0.15) is 5.56 Å². The van der Waals surface area contributed by atoms with Crippen LogP contribution in [0, 0.1) is 11.3 Å². The molecule has 2 aliphatic rings. The van der Waals surface area contributed by atoms with E-state index in [1.165, 1.54) is 27.8 Å². The highest BCUT2D eigenvalue weighted by Gasteiger charge is 2.43. The van der Waals surface area contributed by atoms with Gasteiger partial charge in [-0.1, -0.05) is 103 Å². The number of aromatic nitrogens is 1. The predicted molar refractivity (Wildman–Crippen MR) is 200 cm³/mol. The van der Waals surface area contributed by atoms with Crippen LogP contribution in [0.25, 0.3) is 27.5 Å². The van der Waals surface area contributed by atoms with Crippen LogP contribution in [0.15, 0.2) is 164 Å². The molecule has 0 radical (unpaired) electrons. The highest BCUT2D eigenvalue weighted by Crippen LogP contribution is 2.46. The van der Waals surface area contributed by atoms with Crippen molar-refractivity contribution in [3.63, 3.8) is 0 Å². The molecular formula is C43H27BN4. The highest BCUT2D eigenvalue weighted by molar-refractivity contribution is 7.00. The van der Waals surface area contributed by atoms with E-state index in [0.717, 1.165) is 50.2 Å². The number of nitriles is 1. The zero-order valence-corrected chi connectivity index (χ0v) is 26.0. The van der Waals surface area contributed by atoms with Crippen molar-refractivity contribution in [2.24, 2.45) is 0 Å². The minimum atomic E-state index is 0.0456. The van der Waals surface area contributed by atoms with Gasteiger partial charge in [-0.15, -0.1) is 0 Å². The summed E-state index contributed by atoms with van der Waals surface area (Å²) in [6.45, 7) is 0.0456. The van der Waals surface area contributed by atoms with Crippen LogP contribution in [0.2, 0.25) is 0 Å². The van der Waals surface area contributed by atoms with Gasteiger partial charge < -0.3 is 14.4 Å². The van der Waals surface area contributed by atoms with E-state index < -0.39 is 0 Å². The molecule has 0 N–H and O–H groups in total. The van der Waals surface area contributed by atoms with Crippen molar-refractivity contribution in [2.45, 2.75) is 0 Å². The molecule has 0 amide bonds. The molecule has 48 heavy (non-hydrogen) atoms. The van der Waals surface area contributed by atoms with Crippen molar-refractivity contribution >= 4 is 79.0 Å². The van der Waals surface area contributed by atoms with Crippen molar-refractivity contribution in [1.29, 1.82) is 5.26 Å². The summed E-state index contributed by atoms with van der Waals surface area (Å²) >= 11 is 0. The van der Waals surface area contributed by atoms with E-state index in [2.05, 4.69) is 172 Å². The van der Waals surface area contributed by atoms with Crippen LogP contribution in [0.4, 0.5) is 34.1 Å². The number of nitrogens with zero attached hydrogens (tertiary/aromatic N) is 4. The van der Waals surface area contributed by atoms with Crippen LogP contribution in [0.5, 0.6) is 0 Å². The van der Waals surface area contributed by atoms with Gasteiger partial charge in [0.25, 0.3) is 6.71 Å². The summed E-state index contributed by atoms with van der Waals surface area (Å²) < 4.78 is 2.29. The summed E-state index contributed by atoms with van der Waals surface area (Å²) in [4.78, 5) is 4.84. The second kappa shape index (κ2) is 10.3. The monoisotopic (exact) mass is 610 g/mol. The van der Waals surface area contributed by atoms with E-state index in [-0.39, 0.29) is 6.71 Å². The third-order valence-electron chi connectivity index (χ3n) is 9.97. The standard InChI is InChI=1S/C43H27BN4/c45-28-29-14-13-20-34-33-19-7-10-23-37(33)48(43(29)34)32-26-40-42-41(27-32)47(31-17-5-2-6-18-31)39-25-12-9-22-36(39)44(42)35-21-8-11-24-38(35)46(40)30-15-3-1-4-16-30/h1-27H. The average molecular weight is 611 g/mol. The molecule has 7 aromatic carbocycles. The summed E-state index contributed by atoms with van der Waals surface area (Å²) in [6, 6.07) is 60.7. The fourth-order valence-corrected chi connectivity index (χ4v) is 8.10. The Hall–Kier alpha value is -6.51. The predicted octanol–water partition coefficient (Wildman–Crippen LogP) is 8.74. The molecule has 2 aliphatic heterocycles. The first-order valence-electron chi connectivity index (χ1n) is 16.3. The minimum absolute atomic E-state index is 0.0456. The Morgan fingerprint density at radius 2 is 0.979 bits per heavy atom. The lowest BCUT2D eigenvalue weighted by atomic mass is 9.33. The number of hydrogen-bond donors (Lipinski definition) is 0. The van der Waals surface area contributed by atoms with Gasteiger partial charge >= 0.3 is 0 Å². The summed E-state index contributed by atoms with van der Waals surface area (Å²) in [5.74, 6) is 0. The fourth-order valence-electron chi connectivity index (χ4n) is 8.10. The van der Waals surface area contributed by atoms with E-state index in [1.54, 1.807) is 0 Å². The molecule has 222 valence electrons. The van der Waals surface area contributed by atoms with Crippen LogP contribution >= 0.6 is 0 Å². The summed E-state index contributed by atoms with van der Waals surface area (Å²) in [7, 11) is 0. The molecule has 5 heteroatoms. The van der Waals surface area contributed by atoms with Crippen LogP contribution in [0.3, 0.4) is 0 Å². The zero-order valence-electron chi connectivity index (χ0n) is 26.0. The molecule has 0 saturated heterocycles. The van der Waals surface area contributed by atoms with Gasteiger partial charge in [-0.3, -0.25) is 0 Å². The quantitative estimate of drug-likeness (QED) is 0.188. The normalized spacial score (nSPS) is 12.9. The lowest BCUT2D eigenvalue weighted by Crippen LogP contribution is -2.61. The molecule has 0 spiro atoms. The van der Waals surface area contributed by atoms with Crippen LogP contribution < -0.4 is 26.2 Å². The van der Waals surface area contributed by atoms with Crippen molar-refractivity contribution in [1.82, 2.24) is 4.57 Å². The average Bonchev–Trinajstić information content (AvgIpc) is 3.50. The third-order valence-corrected chi connectivity index (χ3v) is 9.97. The van der Waals surface area contributed by atoms with Gasteiger partial charge in [-0.05, 0) is 77.1 Å². The van der Waals surface area contributed by atoms with Gasteiger partial charge in [-0.25, -0.2) is 0 Å². The molecule has 0 fully saturated rings. The zero-order chi connectivity index (χ0) is 31.8. The Kier molecular flexibility index (Phi) is 5.70. The third kappa shape index (κ3) is 3.66. The summed E-state index contributed by atoms with van der Waals surface area (Å²) in [5, 5.41) is 12.6. The second-order valence-corrected chi connectivity index (χ2v) is 12.5. The largest absolute Gasteiger partial charge is 0.311 e. The van der Waals surface area contributed by atoms with Gasteiger partial charge in [-0.2, -0.15) is 5.26 Å². The van der Waals surface area contributed by atoms with Gasteiger partial charge in [0.1, 0.15) is 6.07 Å². The SMILES string of the molecule is N#Cc1cccc2c3ccccc3n(-c3cc4c5c(c3)N(c3ccccc3)c3ccccc3B5c3ccccc3N4c3ccccc3)c12. The number of fused-ring (bicyclic) bond motifs is 7. The number of hydrogen-bond acceptors (Lipinski definition) is 3. The highest BCUT2D eigenvalue weighted by atomic mass is 15.2.